The van der Waals surface area contributed by atoms with Gasteiger partial charge in [0.25, 0.3) is 0 Å². The van der Waals surface area contributed by atoms with Crippen molar-refractivity contribution >= 4 is 6.09 Å². The number of hydrogen-bond donors (Lipinski definition) is 2. The standard InChI is InChI=1S/C11H21N.C2H5NO2/c1-3-4-10(2)9-11-5-7-12-8-6-11;1-5-2(3)4/h4,11-12H,3,5-9H2,1-2H3;1H3,(H2,3,4)/b10-4+;. The summed E-state index contributed by atoms with van der Waals surface area (Å²) in [6, 6.07) is 0. The first-order chi connectivity index (χ1) is 8.10. The molecule has 1 aliphatic heterocycles. The molecule has 0 atom stereocenters. The summed E-state index contributed by atoms with van der Waals surface area (Å²) in [4.78, 5) is 9.37. The summed E-state index contributed by atoms with van der Waals surface area (Å²) in [6.45, 7) is 6.94. The van der Waals surface area contributed by atoms with Gasteiger partial charge in [-0.25, -0.2) is 4.79 Å². The van der Waals surface area contributed by atoms with Crippen LogP contribution in [0.25, 0.3) is 0 Å². The molecule has 0 saturated carbocycles. The Labute approximate surface area is 105 Å². The predicted octanol–water partition coefficient (Wildman–Crippen LogP) is 2.44. The minimum Gasteiger partial charge on any atom is -0.453 e. The molecular formula is C13H26N2O2. The second-order valence-electron chi connectivity index (χ2n) is 4.38. The minimum absolute atomic E-state index is 0.745. The summed E-state index contributed by atoms with van der Waals surface area (Å²) in [5.74, 6) is 0.953. The Balaban J connectivity index is 0.000000437. The lowest BCUT2D eigenvalue weighted by molar-refractivity contribution is 0.182. The number of nitrogens with two attached hydrogens (primary N) is 1. The zero-order valence-electron chi connectivity index (χ0n) is 11.3. The van der Waals surface area contributed by atoms with Crippen molar-refractivity contribution in [2.45, 2.75) is 39.5 Å². The molecule has 100 valence electrons. The average molecular weight is 242 g/mol. The monoisotopic (exact) mass is 242 g/mol. The maximum absolute atomic E-state index is 9.37. The fraction of sp³-hybridized carbons (Fsp3) is 0.769. The molecular weight excluding hydrogens is 216 g/mol. The van der Waals surface area contributed by atoms with Crippen molar-refractivity contribution in [1.29, 1.82) is 0 Å². The Hall–Kier alpha value is -1.03. The van der Waals surface area contributed by atoms with Gasteiger partial charge >= 0.3 is 6.09 Å². The number of allylic oxidation sites excluding steroid dienone is 2. The van der Waals surface area contributed by atoms with Crippen molar-refractivity contribution in [2.75, 3.05) is 20.2 Å². The van der Waals surface area contributed by atoms with Crippen LogP contribution in [-0.4, -0.2) is 26.3 Å². The Kier molecular flexibility index (Phi) is 9.53. The summed E-state index contributed by atoms with van der Waals surface area (Å²) in [5, 5.41) is 3.40. The molecule has 0 radical (unpaired) electrons. The number of carbonyl (C=O) groups excluding carboxylic acids is 1. The smallest absolute Gasteiger partial charge is 0.404 e. The van der Waals surface area contributed by atoms with Crippen LogP contribution in [0.5, 0.6) is 0 Å². The van der Waals surface area contributed by atoms with E-state index in [4.69, 9.17) is 0 Å². The zero-order chi connectivity index (χ0) is 13.1. The number of methoxy groups -OCH3 is 1. The molecule has 0 aromatic carbocycles. The lowest BCUT2D eigenvalue weighted by Gasteiger charge is -2.22. The van der Waals surface area contributed by atoms with E-state index in [1.165, 1.54) is 45.9 Å². The highest BCUT2D eigenvalue weighted by atomic mass is 16.5. The lowest BCUT2D eigenvalue weighted by atomic mass is 9.91. The number of hydrogen-bond acceptors (Lipinski definition) is 3. The largest absolute Gasteiger partial charge is 0.453 e. The fourth-order valence-electron chi connectivity index (χ4n) is 1.97. The third kappa shape index (κ3) is 9.87. The first kappa shape index (κ1) is 16.0. The number of primary amides is 1. The molecule has 0 aromatic heterocycles. The highest BCUT2D eigenvalue weighted by Crippen LogP contribution is 2.20. The van der Waals surface area contributed by atoms with Gasteiger partial charge < -0.3 is 15.8 Å². The van der Waals surface area contributed by atoms with Crippen LogP contribution < -0.4 is 11.1 Å². The lowest BCUT2D eigenvalue weighted by Crippen LogP contribution is -2.27. The third-order valence-corrected chi connectivity index (χ3v) is 2.82. The van der Waals surface area contributed by atoms with E-state index in [1.54, 1.807) is 5.57 Å². The van der Waals surface area contributed by atoms with Gasteiger partial charge in [-0.2, -0.15) is 0 Å². The number of rotatable bonds is 3. The SMILES string of the molecule is CC/C=C(\C)CC1CCNCC1.COC(N)=O. The number of nitrogens with one attached hydrogen (secondary N) is 1. The molecule has 1 aliphatic rings. The van der Waals surface area contributed by atoms with E-state index in [-0.39, 0.29) is 0 Å². The van der Waals surface area contributed by atoms with E-state index in [9.17, 15) is 4.79 Å². The Morgan fingerprint density at radius 1 is 1.47 bits per heavy atom. The molecule has 1 fully saturated rings. The van der Waals surface area contributed by atoms with Crippen LogP contribution in [0.1, 0.15) is 39.5 Å². The molecule has 3 N–H and O–H groups in total. The van der Waals surface area contributed by atoms with E-state index in [0.29, 0.717) is 0 Å². The van der Waals surface area contributed by atoms with Crippen LogP contribution in [-0.2, 0) is 4.74 Å². The van der Waals surface area contributed by atoms with E-state index in [2.05, 4.69) is 35.7 Å². The first-order valence-electron chi connectivity index (χ1n) is 6.29. The average Bonchev–Trinajstić information content (AvgIpc) is 2.31. The van der Waals surface area contributed by atoms with E-state index in [0.717, 1.165) is 5.92 Å². The van der Waals surface area contributed by atoms with Gasteiger partial charge in [-0.1, -0.05) is 18.6 Å². The molecule has 4 heteroatoms. The van der Waals surface area contributed by atoms with Crippen LogP contribution in [0.3, 0.4) is 0 Å². The van der Waals surface area contributed by atoms with Crippen LogP contribution in [0.15, 0.2) is 11.6 Å². The van der Waals surface area contributed by atoms with E-state index in [1.807, 2.05) is 0 Å². The van der Waals surface area contributed by atoms with Gasteiger partial charge in [-0.15, -0.1) is 0 Å². The molecule has 0 unspecified atom stereocenters. The quantitative estimate of drug-likeness (QED) is 0.747. The van der Waals surface area contributed by atoms with Gasteiger partial charge in [0.1, 0.15) is 0 Å². The molecule has 0 bridgehead atoms. The van der Waals surface area contributed by atoms with E-state index < -0.39 is 6.09 Å². The van der Waals surface area contributed by atoms with Crippen LogP contribution in [0.2, 0.25) is 0 Å². The molecule has 1 heterocycles. The normalized spacial score (nSPS) is 17.0. The van der Waals surface area contributed by atoms with Crippen molar-refractivity contribution in [3.05, 3.63) is 11.6 Å². The third-order valence-electron chi connectivity index (χ3n) is 2.82. The maximum Gasteiger partial charge on any atom is 0.404 e. The topological polar surface area (TPSA) is 64.3 Å². The number of piperidine rings is 1. The highest BCUT2D eigenvalue weighted by molar-refractivity contribution is 5.64. The number of ether oxygens (including phenoxy) is 1. The minimum atomic E-state index is -0.745. The maximum atomic E-state index is 9.37. The summed E-state index contributed by atoms with van der Waals surface area (Å²) < 4.78 is 3.89. The first-order valence-corrected chi connectivity index (χ1v) is 6.29. The van der Waals surface area contributed by atoms with Crippen LogP contribution >= 0.6 is 0 Å². The molecule has 0 aliphatic carbocycles. The van der Waals surface area contributed by atoms with Gasteiger partial charge in [-0.05, 0) is 51.6 Å². The highest BCUT2D eigenvalue weighted by Gasteiger charge is 2.12. The second kappa shape index (κ2) is 10.1. The van der Waals surface area contributed by atoms with Gasteiger partial charge in [0.2, 0.25) is 0 Å². The van der Waals surface area contributed by atoms with Crippen LogP contribution in [0.4, 0.5) is 4.79 Å². The van der Waals surface area contributed by atoms with Gasteiger partial charge in [0.15, 0.2) is 0 Å². The van der Waals surface area contributed by atoms with E-state index >= 15 is 0 Å². The summed E-state index contributed by atoms with van der Waals surface area (Å²) >= 11 is 0. The molecule has 1 rings (SSSR count). The van der Waals surface area contributed by atoms with Crippen molar-refractivity contribution in [1.82, 2.24) is 5.32 Å². The summed E-state index contributed by atoms with van der Waals surface area (Å²) in [7, 11) is 1.22. The number of carbonyl (C=O) groups is 1. The van der Waals surface area contributed by atoms with Crippen molar-refractivity contribution < 1.29 is 9.53 Å². The van der Waals surface area contributed by atoms with Crippen LogP contribution in [0, 0.1) is 5.92 Å². The predicted molar refractivity (Wildman–Crippen MR) is 70.9 cm³/mol. The fourth-order valence-corrected chi connectivity index (χ4v) is 1.97. The molecule has 1 saturated heterocycles. The molecule has 17 heavy (non-hydrogen) atoms. The molecule has 4 nitrogen and oxygen atoms in total. The van der Waals surface area contributed by atoms with Crippen molar-refractivity contribution in [2.24, 2.45) is 11.7 Å². The van der Waals surface area contributed by atoms with Gasteiger partial charge in [0.05, 0.1) is 7.11 Å². The Morgan fingerprint density at radius 2 is 2.00 bits per heavy atom. The Morgan fingerprint density at radius 3 is 2.41 bits per heavy atom. The van der Waals surface area contributed by atoms with Crippen molar-refractivity contribution in [3.63, 3.8) is 0 Å². The second-order valence-corrected chi connectivity index (χ2v) is 4.38. The zero-order valence-corrected chi connectivity index (χ0v) is 11.3. The van der Waals surface area contributed by atoms with Gasteiger partial charge in [0, 0.05) is 0 Å². The summed E-state index contributed by atoms with van der Waals surface area (Å²) in [6.07, 6.45) is 6.88. The van der Waals surface area contributed by atoms with Crippen molar-refractivity contribution in [3.8, 4) is 0 Å². The number of amides is 1. The summed E-state index contributed by atoms with van der Waals surface area (Å²) in [5.41, 5.74) is 6.02. The molecule has 0 spiro atoms. The van der Waals surface area contributed by atoms with Gasteiger partial charge in [-0.3, -0.25) is 0 Å². The molecule has 1 amide bonds. The molecule has 0 aromatic rings. The Bertz CT molecular complexity index is 234.